The van der Waals surface area contributed by atoms with Gasteiger partial charge in [-0.1, -0.05) is 72.8 Å². The van der Waals surface area contributed by atoms with Crippen LogP contribution in [0.15, 0.2) is 115 Å². The second-order valence-electron chi connectivity index (χ2n) is 9.24. The van der Waals surface area contributed by atoms with Crippen LogP contribution in [-0.4, -0.2) is 20.4 Å². The number of hydrogen-bond acceptors (Lipinski definition) is 4. The molecule has 0 heterocycles. The van der Waals surface area contributed by atoms with E-state index in [1.54, 1.807) is 36.4 Å². The highest BCUT2D eigenvalue weighted by Gasteiger charge is 2.24. The van der Waals surface area contributed by atoms with Crippen LogP contribution >= 0.6 is 0 Å². The standard InChI is InChI=1S/C34H28O4/c1-2-3-22-4-6-25(7-5-22)34(30-20-26(12-18-32(30)37)23-8-14-28(35)15-9-23)31-21-27(13-19-33(31)38)24-10-16-29(36)17-11-24/h2-21,34-38H,1H3/b3-2+. The van der Waals surface area contributed by atoms with Gasteiger partial charge < -0.3 is 20.4 Å². The molecule has 0 fully saturated rings. The van der Waals surface area contributed by atoms with Crippen LogP contribution in [0.1, 0.15) is 35.1 Å². The van der Waals surface area contributed by atoms with Crippen LogP contribution in [0.25, 0.3) is 28.3 Å². The zero-order valence-corrected chi connectivity index (χ0v) is 20.9. The van der Waals surface area contributed by atoms with Crippen LogP contribution in [0.4, 0.5) is 0 Å². The number of rotatable bonds is 6. The summed E-state index contributed by atoms with van der Waals surface area (Å²) in [6, 6.07) is 32.8. The van der Waals surface area contributed by atoms with Crippen LogP contribution in [0.5, 0.6) is 23.0 Å². The van der Waals surface area contributed by atoms with E-state index in [1.165, 1.54) is 0 Å². The smallest absolute Gasteiger partial charge is 0.119 e. The van der Waals surface area contributed by atoms with E-state index in [-0.39, 0.29) is 23.0 Å². The quantitative estimate of drug-likeness (QED) is 0.178. The van der Waals surface area contributed by atoms with Gasteiger partial charge in [0.2, 0.25) is 0 Å². The third kappa shape index (κ3) is 5.11. The first-order chi connectivity index (χ1) is 18.4. The first-order valence-electron chi connectivity index (χ1n) is 12.4. The lowest BCUT2D eigenvalue weighted by Gasteiger charge is -2.23. The Hall–Kier alpha value is -4.96. The van der Waals surface area contributed by atoms with Crippen molar-refractivity contribution >= 4 is 6.08 Å². The van der Waals surface area contributed by atoms with Crippen molar-refractivity contribution in [3.05, 3.63) is 138 Å². The Morgan fingerprint density at radius 3 is 1.34 bits per heavy atom. The Kier molecular flexibility index (Phi) is 6.88. The number of phenolic OH excluding ortho intramolecular Hbond substituents is 4. The maximum Gasteiger partial charge on any atom is 0.119 e. The largest absolute Gasteiger partial charge is 0.508 e. The van der Waals surface area contributed by atoms with Crippen LogP contribution in [-0.2, 0) is 0 Å². The van der Waals surface area contributed by atoms with Crippen molar-refractivity contribution in [3.63, 3.8) is 0 Å². The highest BCUT2D eigenvalue weighted by molar-refractivity contribution is 5.71. The lowest BCUT2D eigenvalue weighted by molar-refractivity contribution is 0.458. The minimum Gasteiger partial charge on any atom is -0.508 e. The first-order valence-corrected chi connectivity index (χ1v) is 12.4. The molecule has 5 aromatic rings. The molecule has 38 heavy (non-hydrogen) atoms. The molecule has 0 bridgehead atoms. The van der Waals surface area contributed by atoms with Crippen LogP contribution in [0.2, 0.25) is 0 Å². The molecule has 5 aromatic carbocycles. The van der Waals surface area contributed by atoms with Gasteiger partial charge in [-0.3, -0.25) is 0 Å². The Bertz CT molecular complexity index is 1490. The Balaban J connectivity index is 1.70. The van der Waals surface area contributed by atoms with E-state index < -0.39 is 5.92 Å². The third-order valence-electron chi connectivity index (χ3n) is 6.71. The number of benzene rings is 5. The SMILES string of the molecule is C/C=C/c1ccc(C(c2cc(-c3ccc(O)cc3)ccc2O)c2cc(-c3ccc(O)cc3)ccc2O)cc1. The fraction of sp³-hybridized carbons (Fsp3) is 0.0588. The summed E-state index contributed by atoms with van der Waals surface area (Å²) in [7, 11) is 0. The molecule has 4 N–H and O–H groups in total. The van der Waals surface area contributed by atoms with Gasteiger partial charge in [-0.25, -0.2) is 0 Å². The highest BCUT2D eigenvalue weighted by Crippen LogP contribution is 2.43. The summed E-state index contributed by atoms with van der Waals surface area (Å²) >= 11 is 0. The van der Waals surface area contributed by atoms with Crippen LogP contribution < -0.4 is 0 Å². The van der Waals surface area contributed by atoms with Crippen molar-refractivity contribution in [1.82, 2.24) is 0 Å². The maximum atomic E-state index is 11.1. The number of aromatic hydroxyl groups is 4. The summed E-state index contributed by atoms with van der Waals surface area (Å²) in [6.45, 7) is 1.97. The Morgan fingerprint density at radius 1 is 0.500 bits per heavy atom. The molecule has 0 aliphatic rings. The van der Waals surface area contributed by atoms with Gasteiger partial charge in [0, 0.05) is 17.0 Å². The maximum absolute atomic E-state index is 11.1. The van der Waals surface area contributed by atoms with Crippen molar-refractivity contribution in [2.45, 2.75) is 12.8 Å². The zero-order chi connectivity index (χ0) is 26.6. The van der Waals surface area contributed by atoms with Gasteiger partial charge in [0.25, 0.3) is 0 Å². The lowest BCUT2D eigenvalue weighted by atomic mass is 9.81. The lowest BCUT2D eigenvalue weighted by Crippen LogP contribution is -2.05. The molecule has 0 aliphatic carbocycles. The van der Waals surface area contributed by atoms with Gasteiger partial charge in [0.15, 0.2) is 0 Å². The number of hydrogen-bond donors (Lipinski definition) is 4. The summed E-state index contributed by atoms with van der Waals surface area (Å²) < 4.78 is 0. The van der Waals surface area contributed by atoms with E-state index >= 15 is 0 Å². The number of phenols is 4. The van der Waals surface area contributed by atoms with Gasteiger partial charge in [0.05, 0.1) is 0 Å². The average Bonchev–Trinajstić information content (AvgIpc) is 2.93. The molecule has 0 saturated carbocycles. The Labute approximate surface area is 222 Å². The molecule has 4 nitrogen and oxygen atoms in total. The highest BCUT2D eigenvalue weighted by atomic mass is 16.3. The molecule has 0 unspecified atom stereocenters. The molecule has 0 saturated heterocycles. The van der Waals surface area contributed by atoms with E-state index in [0.717, 1.165) is 33.4 Å². The van der Waals surface area contributed by atoms with Crippen LogP contribution in [0.3, 0.4) is 0 Å². The molecular weight excluding hydrogens is 472 g/mol. The molecule has 4 heteroatoms. The summed E-state index contributed by atoms with van der Waals surface area (Å²) in [4.78, 5) is 0. The average molecular weight is 501 g/mol. The molecule has 5 rings (SSSR count). The Morgan fingerprint density at radius 2 is 0.921 bits per heavy atom. The van der Waals surface area contributed by atoms with E-state index in [0.29, 0.717) is 11.1 Å². The second-order valence-corrected chi connectivity index (χ2v) is 9.24. The zero-order valence-electron chi connectivity index (χ0n) is 20.9. The van der Waals surface area contributed by atoms with Crippen molar-refractivity contribution in [2.75, 3.05) is 0 Å². The summed E-state index contributed by atoms with van der Waals surface area (Å²) in [5, 5.41) is 41.7. The summed E-state index contributed by atoms with van der Waals surface area (Å²) in [5.41, 5.74) is 6.81. The first kappa shape index (κ1) is 24.7. The van der Waals surface area contributed by atoms with Crippen molar-refractivity contribution < 1.29 is 20.4 Å². The molecule has 0 aromatic heterocycles. The molecule has 0 amide bonds. The predicted octanol–water partition coefficient (Wildman–Crippen LogP) is 8.06. The van der Waals surface area contributed by atoms with E-state index in [4.69, 9.17) is 0 Å². The van der Waals surface area contributed by atoms with Crippen molar-refractivity contribution in [3.8, 4) is 45.3 Å². The minimum atomic E-state index is -0.469. The monoisotopic (exact) mass is 500 g/mol. The fourth-order valence-electron chi connectivity index (χ4n) is 4.76. The van der Waals surface area contributed by atoms with Gasteiger partial charge in [0.1, 0.15) is 23.0 Å². The van der Waals surface area contributed by atoms with E-state index in [9.17, 15) is 20.4 Å². The topological polar surface area (TPSA) is 80.9 Å². The molecular formula is C34H28O4. The fourth-order valence-corrected chi connectivity index (χ4v) is 4.76. The predicted molar refractivity (Wildman–Crippen MR) is 153 cm³/mol. The third-order valence-corrected chi connectivity index (χ3v) is 6.71. The van der Waals surface area contributed by atoms with Gasteiger partial charge in [-0.15, -0.1) is 0 Å². The minimum absolute atomic E-state index is 0.115. The van der Waals surface area contributed by atoms with Gasteiger partial charge >= 0.3 is 0 Å². The van der Waals surface area contributed by atoms with Crippen molar-refractivity contribution in [1.29, 1.82) is 0 Å². The molecule has 188 valence electrons. The van der Waals surface area contributed by atoms with Gasteiger partial charge in [-0.2, -0.15) is 0 Å². The second kappa shape index (κ2) is 10.6. The van der Waals surface area contributed by atoms with Crippen LogP contribution in [0, 0.1) is 0 Å². The molecule has 0 radical (unpaired) electrons. The van der Waals surface area contributed by atoms with Gasteiger partial charge in [-0.05, 0) is 88.8 Å². The molecule has 0 atom stereocenters. The number of allylic oxidation sites excluding steroid dienone is 1. The molecule has 0 aliphatic heterocycles. The molecule has 0 spiro atoms. The van der Waals surface area contributed by atoms with E-state index in [1.807, 2.05) is 91.9 Å². The summed E-state index contributed by atoms with van der Waals surface area (Å²) in [5.74, 6) is 0.128. The summed E-state index contributed by atoms with van der Waals surface area (Å²) in [6.07, 6.45) is 4.00. The van der Waals surface area contributed by atoms with E-state index in [2.05, 4.69) is 0 Å². The van der Waals surface area contributed by atoms with Crippen molar-refractivity contribution in [2.24, 2.45) is 0 Å². The normalized spacial score (nSPS) is 11.3.